The molecule has 4 heteroatoms. The number of ether oxygens (including phenoxy) is 2. The van der Waals surface area contributed by atoms with Gasteiger partial charge >= 0.3 is 6.29 Å². The molecule has 0 atom stereocenters. The molecule has 2 nitrogen and oxygen atoms in total. The number of halogens is 2. The van der Waals surface area contributed by atoms with E-state index < -0.39 is 0 Å². The highest BCUT2D eigenvalue weighted by Crippen LogP contribution is 2.42. The summed E-state index contributed by atoms with van der Waals surface area (Å²) in [5.74, 6) is 1.36. The third kappa shape index (κ3) is 1.84. The van der Waals surface area contributed by atoms with Crippen LogP contribution >= 0.6 is 23.2 Å². The minimum absolute atomic E-state index is 0.360. The molecule has 0 aromatic heterocycles. The van der Waals surface area contributed by atoms with Crippen molar-refractivity contribution in [3.63, 3.8) is 0 Å². The van der Waals surface area contributed by atoms with Crippen molar-refractivity contribution in [2.24, 2.45) is 0 Å². The molecule has 1 aliphatic heterocycles. The number of fused-ring (bicyclic) bond motifs is 1. The third-order valence-corrected chi connectivity index (χ3v) is 3.24. The van der Waals surface area contributed by atoms with Crippen LogP contribution in [0.25, 0.3) is 0 Å². The number of hydrogen-bond acceptors (Lipinski definition) is 2. The fraction of sp³-hybridized carbons (Fsp3) is 0. The zero-order valence-electron chi connectivity index (χ0n) is 8.61. The van der Waals surface area contributed by atoms with Gasteiger partial charge in [0.2, 0.25) is 0 Å². The van der Waals surface area contributed by atoms with E-state index in [4.69, 9.17) is 32.7 Å². The van der Waals surface area contributed by atoms with Crippen LogP contribution in [0.4, 0.5) is 0 Å². The molecule has 0 saturated carbocycles. The molecule has 0 fully saturated rings. The van der Waals surface area contributed by atoms with Crippen LogP contribution < -0.4 is 9.47 Å². The highest BCUT2D eigenvalue weighted by molar-refractivity contribution is 6.42. The first-order valence-electron chi connectivity index (χ1n) is 5.02. The van der Waals surface area contributed by atoms with Crippen molar-refractivity contribution in [1.82, 2.24) is 0 Å². The van der Waals surface area contributed by atoms with Gasteiger partial charge in [-0.05, 0) is 24.3 Å². The summed E-state index contributed by atoms with van der Waals surface area (Å²) in [6.07, 6.45) is 0.360. The van der Waals surface area contributed by atoms with Crippen LogP contribution in [-0.2, 0) is 0 Å². The highest BCUT2D eigenvalue weighted by atomic mass is 35.5. The van der Waals surface area contributed by atoms with Gasteiger partial charge in [0.1, 0.15) is 0 Å². The van der Waals surface area contributed by atoms with E-state index in [9.17, 15) is 0 Å². The molecule has 1 aliphatic rings. The second-order valence-corrected chi connectivity index (χ2v) is 4.32. The van der Waals surface area contributed by atoms with Crippen molar-refractivity contribution in [2.75, 3.05) is 0 Å². The molecule has 0 amide bonds. The molecule has 17 heavy (non-hydrogen) atoms. The lowest BCUT2D eigenvalue weighted by atomic mass is 10.2. The lowest BCUT2D eigenvalue weighted by molar-refractivity contribution is 0.204. The molecular formula is C13H7Cl2O2. The van der Waals surface area contributed by atoms with Crippen molar-refractivity contribution in [3.8, 4) is 11.5 Å². The summed E-state index contributed by atoms with van der Waals surface area (Å²) in [7, 11) is 0. The van der Waals surface area contributed by atoms with Crippen molar-refractivity contribution >= 4 is 23.2 Å². The monoisotopic (exact) mass is 265 g/mol. The Hall–Kier alpha value is -1.38. The predicted molar refractivity (Wildman–Crippen MR) is 66.5 cm³/mol. The van der Waals surface area contributed by atoms with Gasteiger partial charge in [-0.2, -0.15) is 0 Å². The van der Waals surface area contributed by atoms with Gasteiger partial charge in [0.25, 0.3) is 0 Å². The second kappa shape index (κ2) is 4.13. The highest BCUT2D eigenvalue weighted by Gasteiger charge is 2.30. The lowest BCUT2D eigenvalue weighted by Gasteiger charge is -2.10. The first kappa shape index (κ1) is 10.8. The summed E-state index contributed by atoms with van der Waals surface area (Å²) in [6.45, 7) is 0. The summed E-state index contributed by atoms with van der Waals surface area (Å²) < 4.78 is 11.2. The van der Waals surface area contributed by atoms with E-state index in [2.05, 4.69) is 0 Å². The van der Waals surface area contributed by atoms with Crippen molar-refractivity contribution < 1.29 is 9.47 Å². The predicted octanol–water partition coefficient (Wildman–Crippen LogP) is 4.30. The summed E-state index contributed by atoms with van der Waals surface area (Å²) in [4.78, 5) is 0. The van der Waals surface area contributed by atoms with Crippen molar-refractivity contribution in [1.29, 1.82) is 0 Å². The Kier molecular flexibility index (Phi) is 2.61. The fourth-order valence-corrected chi connectivity index (χ4v) is 1.99. The van der Waals surface area contributed by atoms with E-state index in [1.165, 1.54) is 0 Å². The van der Waals surface area contributed by atoms with Gasteiger partial charge in [-0.3, -0.25) is 0 Å². The standard InChI is InChI=1S/C13H7Cl2O2/c14-9-5-3-4-8(12(9)15)13-16-10-6-1-2-7-11(10)17-13/h1-7H. The van der Waals surface area contributed by atoms with E-state index in [0.29, 0.717) is 33.4 Å². The molecule has 1 radical (unpaired) electrons. The SMILES string of the molecule is Clc1cccc([C]2Oc3ccccc3O2)c1Cl. The Labute approximate surface area is 109 Å². The van der Waals surface area contributed by atoms with Gasteiger partial charge < -0.3 is 9.47 Å². The number of rotatable bonds is 1. The Balaban J connectivity index is 1.97. The molecule has 0 saturated heterocycles. The van der Waals surface area contributed by atoms with Crippen LogP contribution in [0, 0.1) is 6.29 Å². The molecule has 0 aliphatic carbocycles. The van der Waals surface area contributed by atoms with Gasteiger partial charge in [0.05, 0.1) is 15.6 Å². The maximum absolute atomic E-state index is 6.10. The quantitative estimate of drug-likeness (QED) is 0.766. The van der Waals surface area contributed by atoms with E-state index in [-0.39, 0.29) is 0 Å². The molecule has 0 N–H and O–H groups in total. The van der Waals surface area contributed by atoms with Crippen LogP contribution in [0.2, 0.25) is 10.0 Å². The van der Waals surface area contributed by atoms with Gasteiger partial charge in [0, 0.05) is 0 Å². The van der Waals surface area contributed by atoms with Crippen LogP contribution in [0.1, 0.15) is 5.56 Å². The molecule has 2 aromatic rings. The second-order valence-electron chi connectivity index (χ2n) is 3.54. The number of para-hydroxylation sites is 2. The largest absolute Gasteiger partial charge is 0.438 e. The van der Waals surface area contributed by atoms with E-state index in [1.807, 2.05) is 24.3 Å². The van der Waals surface area contributed by atoms with Gasteiger partial charge in [-0.1, -0.05) is 41.4 Å². The maximum atomic E-state index is 6.10. The number of benzene rings is 2. The van der Waals surface area contributed by atoms with Crippen LogP contribution in [0.15, 0.2) is 42.5 Å². The average molecular weight is 266 g/mol. The molecule has 2 aromatic carbocycles. The molecular weight excluding hydrogens is 259 g/mol. The van der Waals surface area contributed by atoms with Gasteiger partial charge in [0.15, 0.2) is 11.5 Å². The minimum atomic E-state index is 0.360. The zero-order chi connectivity index (χ0) is 11.8. The maximum Gasteiger partial charge on any atom is 0.364 e. The average Bonchev–Trinajstić information content (AvgIpc) is 2.76. The molecule has 1 heterocycles. The van der Waals surface area contributed by atoms with E-state index in [1.54, 1.807) is 18.2 Å². The van der Waals surface area contributed by atoms with Crippen LogP contribution in [-0.4, -0.2) is 0 Å². The molecule has 0 spiro atoms. The third-order valence-electron chi connectivity index (χ3n) is 2.43. The Morgan fingerprint density at radius 2 is 1.41 bits per heavy atom. The lowest BCUT2D eigenvalue weighted by Crippen LogP contribution is -2.09. The Bertz CT molecular complexity index is 544. The first-order valence-corrected chi connectivity index (χ1v) is 5.77. The summed E-state index contributed by atoms with van der Waals surface area (Å²) >= 11 is 12.1. The van der Waals surface area contributed by atoms with Gasteiger partial charge in [-0.25, -0.2) is 0 Å². The van der Waals surface area contributed by atoms with Gasteiger partial charge in [-0.15, -0.1) is 0 Å². The Morgan fingerprint density at radius 1 is 0.765 bits per heavy atom. The summed E-state index contributed by atoms with van der Waals surface area (Å²) in [5, 5.41) is 0.900. The zero-order valence-corrected chi connectivity index (χ0v) is 10.1. The Morgan fingerprint density at radius 3 is 2.06 bits per heavy atom. The normalized spacial score (nSPS) is 14.0. The number of hydrogen-bond donors (Lipinski definition) is 0. The van der Waals surface area contributed by atoms with E-state index in [0.717, 1.165) is 0 Å². The van der Waals surface area contributed by atoms with E-state index >= 15 is 0 Å². The topological polar surface area (TPSA) is 18.5 Å². The van der Waals surface area contributed by atoms with Crippen molar-refractivity contribution in [2.45, 2.75) is 0 Å². The summed E-state index contributed by atoms with van der Waals surface area (Å²) in [5.41, 5.74) is 0.648. The van der Waals surface area contributed by atoms with Crippen LogP contribution in [0.5, 0.6) is 11.5 Å². The van der Waals surface area contributed by atoms with Crippen LogP contribution in [0.3, 0.4) is 0 Å². The molecule has 0 unspecified atom stereocenters. The molecule has 85 valence electrons. The first-order chi connectivity index (χ1) is 8.25. The summed E-state index contributed by atoms with van der Waals surface area (Å²) in [6, 6.07) is 12.7. The van der Waals surface area contributed by atoms with Crippen molar-refractivity contribution in [3.05, 3.63) is 64.4 Å². The molecule has 0 bridgehead atoms. The smallest absolute Gasteiger partial charge is 0.364 e. The minimum Gasteiger partial charge on any atom is -0.438 e. The molecule has 3 rings (SSSR count). The fourth-order valence-electron chi connectivity index (χ4n) is 1.61.